The zero-order valence-corrected chi connectivity index (χ0v) is 34.4. The lowest BCUT2D eigenvalue weighted by Crippen LogP contribution is -2.59. The number of amides is 4. The van der Waals surface area contributed by atoms with Crippen molar-refractivity contribution in [2.75, 3.05) is 57.3 Å². The molecule has 0 radical (unpaired) electrons. The van der Waals surface area contributed by atoms with Crippen LogP contribution in [0.3, 0.4) is 0 Å². The molecular formula is C41H48Br2N8O5. The Balaban J connectivity index is 1.06. The number of benzene rings is 2. The fourth-order valence-electron chi connectivity index (χ4n) is 8.19. The SMILES string of the molecule is O=C(N[C@@H](CC1CCNCC1)C(=O)N1CCN(c2ccncc2)CC1)[C@@H](Cc1cc(Br)c(O)c(Br)c1)NC(=O)N1CCC(c2cc3ccccc3[nH]c2=O)CC1. The standard InChI is InChI=1S/C41H48Br2N8O5/c42-32-21-27(22-33(43)37(32)52)24-35(48-41(56)51-15-9-28(10-16-51)31-25-29-3-1-2-4-34(29)46-38(31)53)39(54)47-36(23-26-5-11-44-12-6-26)40(55)50-19-17-49(18-20-50)30-7-13-45-14-8-30/h1-4,7-8,13-14,21-22,25-26,28,35-36,44,52H,5-6,9-12,15-20,23-24H2,(H,46,53)(H,47,54)(H,48,56)/t35-,36+/m1/s1. The van der Waals surface area contributed by atoms with Gasteiger partial charge in [-0.2, -0.15) is 0 Å². The maximum Gasteiger partial charge on any atom is 0.318 e. The van der Waals surface area contributed by atoms with E-state index < -0.39 is 18.0 Å². The van der Waals surface area contributed by atoms with E-state index in [1.165, 1.54) is 0 Å². The average molecular weight is 893 g/mol. The predicted molar refractivity (Wildman–Crippen MR) is 223 cm³/mol. The fraction of sp³-hybridized carbons (Fsp3) is 0.439. The number of piperazine rings is 1. The Labute approximate surface area is 342 Å². The Morgan fingerprint density at radius 2 is 1.52 bits per heavy atom. The summed E-state index contributed by atoms with van der Waals surface area (Å²) in [6, 6.07) is 14.8. The summed E-state index contributed by atoms with van der Waals surface area (Å²) in [4.78, 5) is 68.5. The van der Waals surface area contributed by atoms with Crippen LogP contribution in [0.5, 0.6) is 5.75 Å². The van der Waals surface area contributed by atoms with Crippen LogP contribution in [0.15, 0.2) is 80.7 Å². The van der Waals surface area contributed by atoms with Gasteiger partial charge >= 0.3 is 6.03 Å². The van der Waals surface area contributed by atoms with Gasteiger partial charge < -0.3 is 40.7 Å². The van der Waals surface area contributed by atoms with E-state index in [0.717, 1.165) is 42.5 Å². The Morgan fingerprint density at radius 3 is 2.21 bits per heavy atom. The summed E-state index contributed by atoms with van der Waals surface area (Å²) in [5, 5.41) is 20.8. The molecule has 0 bridgehead atoms. The van der Waals surface area contributed by atoms with Crippen LogP contribution in [0.4, 0.5) is 10.5 Å². The van der Waals surface area contributed by atoms with E-state index in [9.17, 15) is 24.3 Å². The van der Waals surface area contributed by atoms with Gasteiger partial charge in [-0.25, -0.2) is 4.79 Å². The molecule has 3 saturated heterocycles. The molecule has 56 heavy (non-hydrogen) atoms. The van der Waals surface area contributed by atoms with E-state index in [4.69, 9.17) is 0 Å². The molecule has 296 valence electrons. The van der Waals surface area contributed by atoms with Gasteiger partial charge in [-0.1, -0.05) is 18.2 Å². The molecule has 0 saturated carbocycles. The van der Waals surface area contributed by atoms with Crippen molar-refractivity contribution in [2.24, 2.45) is 5.92 Å². The number of aromatic nitrogens is 2. The highest BCUT2D eigenvalue weighted by Crippen LogP contribution is 2.34. The fourth-order valence-corrected chi connectivity index (χ4v) is 9.47. The van der Waals surface area contributed by atoms with Gasteiger partial charge in [0.1, 0.15) is 17.8 Å². The Kier molecular flexibility index (Phi) is 12.9. The van der Waals surface area contributed by atoms with Crippen molar-refractivity contribution in [3.63, 3.8) is 0 Å². The van der Waals surface area contributed by atoms with Crippen molar-refractivity contribution in [3.05, 3.63) is 97.4 Å². The van der Waals surface area contributed by atoms with Crippen LogP contribution in [0.1, 0.15) is 49.1 Å². The van der Waals surface area contributed by atoms with E-state index in [1.807, 2.05) is 47.4 Å². The number of H-pyrrole nitrogens is 1. The number of hydrogen-bond acceptors (Lipinski definition) is 8. The van der Waals surface area contributed by atoms with E-state index >= 15 is 0 Å². The highest BCUT2D eigenvalue weighted by molar-refractivity contribution is 9.11. The molecule has 0 unspecified atom stereocenters. The predicted octanol–water partition coefficient (Wildman–Crippen LogP) is 4.88. The molecule has 5 heterocycles. The summed E-state index contributed by atoms with van der Waals surface area (Å²) in [5.74, 6) is -0.275. The van der Waals surface area contributed by atoms with Crippen LogP contribution in [0.25, 0.3) is 10.9 Å². The largest absolute Gasteiger partial charge is 0.506 e. The summed E-state index contributed by atoms with van der Waals surface area (Å²) < 4.78 is 0.894. The highest BCUT2D eigenvalue weighted by Gasteiger charge is 2.35. The number of nitrogens with one attached hydrogen (secondary N) is 4. The van der Waals surface area contributed by atoms with Gasteiger partial charge in [0.25, 0.3) is 5.56 Å². The molecule has 5 N–H and O–H groups in total. The third-order valence-corrected chi connectivity index (χ3v) is 12.6. The van der Waals surface area contributed by atoms with E-state index in [1.54, 1.807) is 29.4 Å². The number of carbonyl (C=O) groups is 3. The van der Waals surface area contributed by atoms with Gasteiger partial charge in [0.15, 0.2) is 0 Å². The van der Waals surface area contributed by atoms with Crippen molar-refractivity contribution < 1.29 is 19.5 Å². The minimum absolute atomic E-state index is 0.00785. The monoisotopic (exact) mass is 890 g/mol. The van der Waals surface area contributed by atoms with Crippen LogP contribution < -0.4 is 26.4 Å². The molecule has 0 spiro atoms. The van der Waals surface area contributed by atoms with Crippen LogP contribution in [0.2, 0.25) is 0 Å². The number of nitrogens with zero attached hydrogens (tertiary/aromatic N) is 4. The smallest absolute Gasteiger partial charge is 0.318 e. The quantitative estimate of drug-likeness (QED) is 0.151. The van der Waals surface area contributed by atoms with Crippen molar-refractivity contribution in [1.82, 2.24) is 35.7 Å². The number of phenols is 1. The van der Waals surface area contributed by atoms with E-state index in [0.29, 0.717) is 78.6 Å². The summed E-state index contributed by atoms with van der Waals surface area (Å²) >= 11 is 6.79. The minimum atomic E-state index is -1.02. The highest BCUT2D eigenvalue weighted by atomic mass is 79.9. The number of rotatable bonds is 10. The molecule has 7 rings (SSSR count). The van der Waals surface area contributed by atoms with Gasteiger partial charge in [0.2, 0.25) is 11.8 Å². The molecule has 4 amide bonds. The number of likely N-dealkylation sites (tertiary alicyclic amines) is 1. The second-order valence-corrected chi connectivity index (χ2v) is 16.7. The first-order chi connectivity index (χ1) is 27.1. The first-order valence-electron chi connectivity index (χ1n) is 19.4. The molecule has 0 aliphatic carbocycles. The molecule has 3 aliphatic rings. The van der Waals surface area contributed by atoms with E-state index in [2.05, 4.69) is 62.7 Å². The number of piperidine rings is 2. The van der Waals surface area contributed by atoms with Gasteiger partial charge in [0.05, 0.1) is 8.95 Å². The number of aromatic hydroxyl groups is 1. The van der Waals surface area contributed by atoms with Crippen LogP contribution in [0, 0.1) is 5.92 Å². The molecular weight excluding hydrogens is 844 g/mol. The number of fused-ring (bicyclic) bond motifs is 1. The third kappa shape index (κ3) is 9.55. The number of pyridine rings is 2. The summed E-state index contributed by atoms with van der Waals surface area (Å²) in [6.45, 7) is 4.93. The molecule has 13 nitrogen and oxygen atoms in total. The normalized spacial score (nSPS) is 18.1. The lowest BCUT2D eigenvalue weighted by atomic mass is 9.89. The van der Waals surface area contributed by atoms with Crippen LogP contribution in [-0.2, 0) is 16.0 Å². The second-order valence-electron chi connectivity index (χ2n) is 15.0. The summed E-state index contributed by atoms with van der Waals surface area (Å²) in [6.07, 6.45) is 7.18. The number of phenolic OH excluding ortho intramolecular Hbond substituents is 1. The Morgan fingerprint density at radius 1 is 0.839 bits per heavy atom. The first-order valence-corrected chi connectivity index (χ1v) is 21.0. The van der Waals surface area contributed by atoms with Crippen molar-refractivity contribution in [1.29, 1.82) is 0 Å². The number of para-hydroxylation sites is 1. The maximum atomic E-state index is 14.4. The van der Waals surface area contributed by atoms with Crippen LogP contribution in [-0.4, -0.2) is 107 Å². The first kappa shape index (κ1) is 39.8. The van der Waals surface area contributed by atoms with Gasteiger partial charge in [-0.15, -0.1) is 0 Å². The lowest BCUT2D eigenvalue weighted by Gasteiger charge is -2.38. The van der Waals surface area contributed by atoms with Gasteiger partial charge in [0, 0.05) is 74.9 Å². The molecule has 2 aromatic carbocycles. The number of carbonyl (C=O) groups excluding carboxylic acids is 3. The van der Waals surface area contributed by atoms with Crippen molar-refractivity contribution in [2.45, 2.75) is 56.5 Å². The van der Waals surface area contributed by atoms with Crippen LogP contribution >= 0.6 is 31.9 Å². The number of halogens is 2. The number of anilines is 1. The summed E-state index contributed by atoms with van der Waals surface area (Å²) in [7, 11) is 0. The Bertz CT molecular complexity index is 2060. The van der Waals surface area contributed by atoms with Crippen molar-refractivity contribution in [3.8, 4) is 5.75 Å². The zero-order valence-electron chi connectivity index (χ0n) is 31.2. The van der Waals surface area contributed by atoms with E-state index in [-0.39, 0.29) is 41.5 Å². The zero-order chi connectivity index (χ0) is 39.2. The Hall–Kier alpha value is -4.47. The average Bonchev–Trinajstić information content (AvgIpc) is 3.22. The van der Waals surface area contributed by atoms with Gasteiger partial charge in [-0.05, 0) is 136 Å². The molecule has 3 aliphatic heterocycles. The lowest BCUT2D eigenvalue weighted by molar-refractivity contribution is -0.137. The molecule has 3 fully saturated rings. The third-order valence-electron chi connectivity index (χ3n) is 11.4. The van der Waals surface area contributed by atoms with Gasteiger partial charge in [-0.3, -0.25) is 19.4 Å². The number of hydrogen-bond donors (Lipinski definition) is 5. The number of aromatic amines is 1. The molecule has 2 aromatic heterocycles. The molecule has 4 aromatic rings. The maximum absolute atomic E-state index is 14.4. The summed E-state index contributed by atoms with van der Waals surface area (Å²) in [5.41, 5.74) is 3.15. The topological polar surface area (TPSA) is 163 Å². The van der Waals surface area contributed by atoms with Crippen molar-refractivity contribution >= 4 is 66.3 Å². The number of urea groups is 1. The molecule has 2 atom stereocenters. The second kappa shape index (κ2) is 18.2. The molecule has 15 heteroatoms. The minimum Gasteiger partial charge on any atom is -0.506 e.